The SMILES string of the molecule is CCC(C)N(CCOC)C(=O)NC(=O)COCC(=O)O. The molecule has 8 nitrogen and oxygen atoms in total. The molecule has 0 bridgehead atoms. The van der Waals surface area contributed by atoms with Gasteiger partial charge >= 0.3 is 12.0 Å². The van der Waals surface area contributed by atoms with E-state index in [0.717, 1.165) is 6.42 Å². The minimum Gasteiger partial charge on any atom is -0.480 e. The number of ether oxygens (including phenoxy) is 2. The second-order valence-electron chi connectivity index (χ2n) is 4.18. The standard InChI is InChI=1S/C12H22N2O6/c1-4-9(2)14(5-6-19-3)12(18)13-10(15)7-20-8-11(16)17/h9H,4-8H2,1-3H3,(H,16,17)(H,13,15,18). The van der Waals surface area contributed by atoms with Crippen LogP contribution in [0.3, 0.4) is 0 Å². The van der Waals surface area contributed by atoms with Crippen LogP contribution in [0.5, 0.6) is 0 Å². The Morgan fingerprint density at radius 2 is 1.95 bits per heavy atom. The first-order chi connectivity index (χ1) is 9.42. The number of rotatable bonds is 9. The van der Waals surface area contributed by atoms with Gasteiger partial charge in [-0.2, -0.15) is 0 Å². The Morgan fingerprint density at radius 1 is 1.30 bits per heavy atom. The van der Waals surface area contributed by atoms with E-state index in [0.29, 0.717) is 13.2 Å². The maximum absolute atomic E-state index is 11.9. The summed E-state index contributed by atoms with van der Waals surface area (Å²) in [6.07, 6.45) is 0.737. The number of nitrogens with one attached hydrogen (secondary N) is 1. The normalized spacial score (nSPS) is 11.8. The van der Waals surface area contributed by atoms with Crippen molar-refractivity contribution in [3.8, 4) is 0 Å². The molecule has 0 aromatic rings. The second-order valence-corrected chi connectivity index (χ2v) is 4.18. The lowest BCUT2D eigenvalue weighted by Gasteiger charge is -2.28. The molecule has 20 heavy (non-hydrogen) atoms. The molecule has 0 saturated heterocycles. The molecule has 0 aliphatic carbocycles. The molecule has 0 aromatic heterocycles. The predicted molar refractivity (Wildman–Crippen MR) is 70.3 cm³/mol. The minimum absolute atomic E-state index is 0.0436. The van der Waals surface area contributed by atoms with Crippen molar-refractivity contribution >= 4 is 17.9 Å². The third kappa shape index (κ3) is 7.70. The Labute approximate surface area is 118 Å². The average Bonchev–Trinajstić information content (AvgIpc) is 2.38. The number of carboxylic acid groups (broad SMARTS) is 1. The molecule has 0 spiro atoms. The first-order valence-electron chi connectivity index (χ1n) is 6.31. The smallest absolute Gasteiger partial charge is 0.329 e. The van der Waals surface area contributed by atoms with Gasteiger partial charge in [-0.1, -0.05) is 6.92 Å². The van der Waals surface area contributed by atoms with E-state index >= 15 is 0 Å². The van der Waals surface area contributed by atoms with E-state index in [1.54, 1.807) is 0 Å². The molecule has 0 aliphatic rings. The molecule has 0 rings (SSSR count). The number of aliphatic carboxylic acids is 1. The molecule has 116 valence electrons. The van der Waals surface area contributed by atoms with E-state index in [1.807, 2.05) is 13.8 Å². The Bertz CT molecular complexity index is 334. The maximum atomic E-state index is 11.9. The summed E-state index contributed by atoms with van der Waals surface area (Å²) in [7, 11) is 1.53. The summed E-state index contributed by atoms with van der Waals surface area (Å²) in [6, 6.07) is -0.585. The number of carbonyl (C=O) groups is 3. The lowest BCUT2D eigenvalue weighted by molar-refractivity contribution is -0.143. The summed E-state index contributed by atoms with van der Waals surface area (Å²) in [5, 5.41) is 10.5. The third-order valence-corrected chi connectivity index (χ3v) is 2.63. The van der Waals surface area contributed by atoms with Crippen molar-refractivity contribution in [2.24, 2.45) is 0 Å². The van der Waals surface area contributed by atoms with Crippen molar-refractivity contribution < 1.29 is 29.0 Å². The Hall–Kier alpha value is -1.67. The van der Waals surface area contributed by atoms with Crippen molar-refractivity contribution in [2.45, 2.75) is 26.3 Å². The van der Waals surface area contributed by atoms with Crippen LogP contribution < -0.4 is 5.32 Å². The first-order valence-corrected chi connectivity index (χ1v) is 6.31. The Balaban J connectivity index is 4.29. The highest BCUT2D eigenvalue weighted by molar-refractivity contribution is 5.95. The van der Waals surface area contributed by atoms with Crippen molar-refractivity contribution in [2.75, 3.05) is 33.5 Å². The lowest BCUT2D eigenvalue weighted by atomic mass is 10.2. The Morgan fingerprint density at radius 3 is 2.45 bits per heavy atom. The lowest BCUT2D eigenvalue weighted by Crippen LogP contribution is -2.49. The highest BCUT2D eigenvalue weighted by Crippen LogP contribution is 2.03. The van der Waals surface area contributed by atoms with Gasteiger partial charge < -0.3 is 19.5 Å². The molecule has 2 N–H and O–H groups in total. The van der Waals surface area contributed by atoms with Crippen LogP contribution in [0.1, 0.15) is 20.3 Å². The zero-order valence-electron chi connectivity index (χ0n) is 12.0. The number of hydrogen-bond donors (Lipinski definition) is 2. The minimum atomic E-state index is -1.18. The van der Waals surface area contributed by atoms with Gasteiger partial charge in [0.15, 0.2) is 0 Å². The fraction of sp³-hybridized carbons (Fsp3) is 0.750. The summed E-state index contributed by atoms with van der Waals surface area (Å²) in [5.41, 5.74) is 0. The van der Waals surface area contributed by atoms with E-state index in [4.69, 9.17) is 9.84 Å². The van der Waals surface area contributed by atoms with Gasteiger partial charge in [-0.3, -0.25) is 10.1 Å². The summed E-state index contributed by atoms with van der Waals surface area (Å²) in [6.45, 7) is 3.45. The van der Waals surface area contributed by atoms with Gasteiger partial charge in [0.25, 0.3) is 5.91 Å². The van der Waals surface area contributed by atoms with Gasteiger partial charge in [-0.25, -0.2) is 9.59 Å². The molecule has 3 amide bonds. The summed E-state index contributed by atoms with van der Waals surface area (Å²) in [5.74, 6) is -1.85. The van der Waals surface area contributed by atoms with E-state index in [9.17, 15) is 14.4 Å². The van der Waals surface area contributed by atoms with Gasteiger partial charge in [0.2, 0.25) is 0 Å². The first kappa shape index (κ1) is 18.3. The molecule has 8 heteroatoms. The highest BCUT2D eigenvalue weighted by Gasteiger charge is 2.20. The number of hydrogen-bond acceptors (Lipinski definition) is 5. The van der Waals surface area contributed by atoms with Gasteiger partial charge in [0.1, 0.15) is 13.2 Å². The van der Waals surface area contributed by atoms with Crippen LogP contribution in [0.4, 0.5) is 4.79 Å². The molecule has 1 atom stereocenters. The van der Waals surface area contributed by atoms with Gasteiger partial charge in [0, 0.05) is 19.7 Å². The van der Waals surface area contributed by atoms with Crippen LogP contribution in [-0.2, 0) is 19.1 Å². The zero-order chi connectivity index (χ0) is 15.5. The number of imide groups is 1. The quantitative estimate of drug-likeness (QED) is 0.622. The highest BCUT2D eigenvalue weighted by atomic mass is 16.5. The largest absolute Gasteiger partial charge is 0.480 e. The number of methoxy groups -OCH3 is 1. The number of nitrogens with zero attached hydrogens (tertiary/aromatic N) is 1. The summed E-state index contributed by atoms with van der Waals surface area (Å²) in [4.78, 5) is 35.0. The molecule has 0 aliphatic heterocycles. The number of carbonyl (C=O) groups excluding carboxylic acids is 2. The Kier molecular flexibility index (Phi) is 9.31. The molecule has 1 unspecified atom stereocenters. The molecular weight excluding hydrogens is 268 g/mol. The average molecular weight is 290 g/mol. The van der Waals surface area contributed by atoms with Crippen molar-refractivity contribution in [3.05, 3.63) is 0 Å². The third-order valence-electron chi connectivity index (χ3n) is 2.63. The van der Waals surface area contributed by atoms with Crippen LogP contribution in [0, 0.1) is 0 Å². The summed E-state index contributed by atoms with van der Waals surface area (Å²) >= 11 is 0. The fourth-order valence-electron chi connectivity index (χ4n) is 1.39. The van der Waals surface area contributed by atoms with Crippen LogP contribution in [0.25, 0.3) is 0 Å². The number of carboxylic acids is 1. The van der Waals surface area contributed by atoms with Crippen molar-refractivity contribution in [1.82, 2.24) is 10.2 Å². The molecular formula is C12H22N2O6. The molecule has 0 aromatic carbocycles. The molecule has 0 heterocycles. The number of amides is 3. The second kappa shape index (κ2) is 10.2. The zero-order valence-corrected chi connectivity index (χ0v) is 12.0. The molecule has 0 saturated carbocycles. The van der Waals surface area contributed by atoms with Gasteiger partial charge in [0.05, 0.1) is 6.61 Å². The number of urea groups is 1. The van der Waals surface area contributed by atoms with Crippen LogP contribution in [0.2, 0.25) is 0 Å². The fourth-order valence-corrected chi connectivity index (χ4v) is 1.39. The van der Waals surface area contributed by atoms with E-state index in [-0.39, 0.29) is 6.04 Å². The van der Waals surface area contributed by atoms with E-state index in [1.165, 1.54) is 12.0 Å². The molecule has 0 fully saturated rings. The predicted octanol–water partition coefficient (Wildman–Crippen LogP) is 0.0707. The van der Waals surface area contributed by atoms with Crippen LogP contribution in [0.15, 0.2) is 0 Å². The van der Waals surface area contributed by atoms with Crippen LogP contribution >= 0.6 is 0 Å². The monoisotopic (exact) mass is 290 g/mol. The topological polar surface area (TPSA) is 105 Å². The van der Waals surface area contributed by atoms with E-state index in [2.05, 4.69) is 10.1 Å². The van der Waals surface area contributed by atoms with Gasteiger partial charge in [-0.15, -0.1) is 0 Å². The summed E-state index contributed by atoms with van der Waals surface area (Å²) < 4.78 is 9.52. The molecule has 0 radical (unpaired) electrons. The maximum Gasteiger partial charge on any atom is 0.329 e. The van der Waals surface area contributed by atoms with Gasteiger partial charge in [-0.05, 0) is 13.3 Å². The van der Waals surface area contributed by atoms with Crippen molar-refractivity contribution in [1.29, 1.82) is 0 Å². The van der Waals surface area contributed by atoms with E-state index < -0.39 is 31.1 Å². The van der Waals surface area contributed by atoms with Crippen LogP contribution in [-0.4, -0.2) is 67.4 Å². The van der Waals surface area contributed by atoms with Crippen molar-refractivity contribution in [3.63, 3.8) is 0 Å².